The van der Waals surface area contributed by atoms with Crippen LogP contribution in [0.2, 0.25) is 5.02 Å². The fraction of sp³-hybridized carbons (Fsp3) is 0.455. The summed E-state index contributed by atoms with van der Waals surface area (Å²) in [5, 5.41) is 3.85. The first kappa shape index (κ1) is 20.9. The van der Waals surface area contributed by atoms with Gasteiger partial charge in [0.1, 0.15) is 5.00 Å². The molecule has 4 nitrogen and oxygen atoms in total. The minimum absolute atomic E-state index is 0.201. The van der Waals surface area contributed by atoms with Crippen molar-refractivity contribution in [1.29, 1.82) is 0 Å². The van der Waals surface area contributed by atoms with Gasteiger partial charge in [0.25, 0.3) is 5.91 Å². The predicted octanol–water partition coefficient (Wildman–Crippen LogP) is 5.98. The molecule has 0 bridgehead atoms. The zero-order valence-corrected chi connectivity index (χ0v) is 18.3. The molecule has 1 atom stereocenters. The minimum Gasteiger partial charge on any atom is -0.462 e. The molecule has 0 spiro atoms. The lowest BCUT2D eigenvalue weighted by Crippen LogP contribution is -2.26. The zero-order valence-electron chi connectivity index (χ0n) is 16.7. The molecule has 0 aliphatic heterocycles. The molecule has 1 N–H and O–H groups in total. The average molecular weight is 420 g/mol. The first-order chi connectivity index (χ1) is 13.2. The Hall–Kier alpha value is -1.85. The van der Waals surface area contributed by atoms with Crippen molar-refractivity contribution in [3.05, 3.63) is 50.9 Å². The molecule has 0 radical (unpaired) electrons. The lowest BCUT2D eigenvalue weighted by atomic mass is 9.72. The first-order valence-corrected chi connectivity index (χ1v) is 10.8. The van der Waals surface area contributed by atoms with Crippen LogP contribution in [0.1, 0.15) is 65.3 Å². The van der Waals surface area contributed by atoms with E-state index in [-0.39, 0.29) is 17.3 Å². The van der Waals surface area contributed by atoms with E-state index in [0.29, 0.717) is 33.7 Å². The van der Waals surface area contributed by atoms with Crippen LogP contribution in [-0.2, 0) is 17.6 Å². The van der Waals surface area contributed by atoms with E-state index in [2.05, 4.69) is 26.1 Å². The largest absolute Gasteiger partial charge is 0.462 e. The molecule has 150 valence electrons. The molecule has 1 heterocycles. The molecule has 0 fully saturated rings. The van der Waals surface area contributed by atoms with E-state index in [1.54, 1.807) is 31.2 Å². The van der Waals surface area contributed by atoms with E-state index in [9.17, 15) is 9.59 Å². The number of amides is 1. The SMILES string of the molecule is CCOC(=O)c1c(NC(=O)c2ccccc2Cl)sc2c1CC[C@@H](C(C)(C)C)C2. The second kappa shape index (κ2) is 8.26. The second-order valence-electron chi connectivity index (χ2n) is 8.17. The minimum atomic E-state index is -0.372. The molecular formula is C22H26ClNO3S. The second-order valence-corrected chi connectivity index (χ2v) is 9.68. The van der Waals surface area contributed by atoms with Gasteiger partial charge in [-0.1, -0.05) is 44.5 Å². The van der Waals surface area contributed by atoms with Crippen LogP contribution in [0.3, 0.4) is 0 Å². The fourth-order valence-corrected chi connectivity index (χ4v) is 5.18. The molecule has 1 aromatic carbocycles. The van der Waals surface area contributed by atoms with E-state index < -0.39 is 0 Å². The summed E-state index contributed by atoms with van der Waals surface area (Å²) >= 11 is 7.65. The number of ether oxygens (including phenoxy) is 1. The lowest BCUT2D eigenvalue weighted by Gasteiger charge is -2.33. The maximum absolute atomic E-state index is 12.8. The molecule has 2 aromatic rings. The van der Waals surface area contributed by atoms with Gasteiger partial charge < -0.3 is 10.1 Å². The van der Waals surface area contributed by atoms with Crippen LogP contribution < -0.4 is 5.32 Å². The monoisotopic (exact) mass is 419 g/mol. The zero-order chi connectivity index (χ0) is 20.5. The van der Waals surface area contributed by atoms with Crippen molar-refractivity contribution in [2.24, 2.45) is 11.3 Å². The van der Waals surface area contributed by atoms with Gasteiger partial charge in [-0.15, -0.1) is 11.3 Å². The molecule has 1 aromatic heterocycles. The van der Waals surface area contributed by atoms with Gasteiger partial charge in [0.2, 0.25) is 0 Å². The van der Waals surface area contributed by atoms with Gasteiger partial charge in [-0.3, -0.25) is 4.79 Å². The fourth-order valence-electron chi connectivity index (χ4n) is 3.65. The third-order valence-corrected chi connectivity index (χ3v) is 6.81. The van der Waals surface area contributed by atoms with Crippen molar-refractivity contribution in [3.8, 4) is 0 Å². The maximum Gasteiger partial charge on any atom is 0.341 e. The Morgan fingerprint density at radius 1 is 1.29 bits per heavy atom. The molecule has 0 saturated carbocycles. The third kappa shape index (κ3) is 4.26. The number of hydrogen-bond acceptors (Lipinski definition) is 4. The van der Waals surface area contributed by atoms with Crippen molar-refractivity contribution in [2.75, 3.05) is 11.9 Å². The van der Waals surface area contributed by atoms with Gasteiger partial charge in [0, 0.05) is 4.88 Å². The lowest BCUT2D eigenvalue weighted by molar-refractivity contribution is 0.0526. The summed E-state index contributed by atoms with van der Waals surface area (Å²) in [7, 11) is 0. The van der Waals surface area contributed by atoms with Crippen LogP contribution in [0.4, 0.5) is 5.00 Å². The van der Waals surface area contributed by atoms with Crippen LogP contribution in [0.15, 0.2) is 24.3 Å². The first-order valence-electron chi connectivity index (χ1n) is 9.60. The van der Waals surface area contributed by atoms with Crippen molar-refractivity contribution in [2.45, 2.75) is 47.0 Å². The van der Waals surface area contributed by atoms with Crippen LogP contribution in [0, 0.1) is 11.3 Å². The average Bonchev–Trinajstić information content (AvgIpc) is 2.98. The van der Waals surface area contributed by atoms with Crippen LogP contribution in [-0.4, -0.2) is 18.5 Å². The van der Waals surface area contributed by atoms with Gasteiger partial charge in [-0.25, -0.2) is 4.79 Å². The molecule has 1 aliphatic rings. The van der Waals surface area contributed by atoms with Crippen LogP contribution >= 0.6 is 22.9 Å². The summed E-state index contributed by atoms with van der Waals surface area (Å²) in [5.74, 6) is -0.147. The van der Waals surface area contributed by atoms with E-state index in [1.165, 1.54) is 16.2 Å². The molecule has 0 unspecified atom stereocenters. The molecule has 6 heteroatoms. The number of nitrogens with one attached hydrogen (secondary N) is 1. The summed E-state index contributed by atoms with van der Waals surface area (Å²) in [6.45, 7) is 8.84. The number of carbonyl (C=O) groups is 2. The summed E-state index contributed by atoms with van der Waals surface area (Å²) in [4.78, 5) is 26.6. The van der Waals surface area contributed by atoms with Crippen LogP contribution in [0.25, 0.3) is 0 Å². The number of carbonyl (C=O) groups excluding carboxylic acids is 2. The van der Waals surface area contributed by atoms with Crippen molar-refractivity contribution in [1.82, 2.24) is 0 Å². The Kier molecular flexibility index (Phi) is 6.15. The number of benzene rings is 1. The highest BCUT2D eigenvalue weighted by Gasteiger charge is 2.34. The van der Waals surface area contributed by atoms with Gasteiger partial charge in [-0.2, -0.15) is 0 Å². The van der Waals surface area contributed by atoms with Gasteiger partial charge in [0.15, 0.2) is 0 Å². The molecule has 28 heavy (non-hydrogen) atoms. The number of thiophene rings is 1. The highest BCUT2D eigenvalue weighted by molar-refractivity contribution is 7.17. The normalized spacial score (nSPS) is 16.4. The van der Waals surface area contributed by atoms with Gasteiger partial charge in [-0.05, 0) is 55.2 Å². The summed E-state index contributed by atoms with van der Waals surface area (Å²) in [5.41, 5.74) is 2.12. The standard InChI is InChI=1S/C22H26ClNO3S/c1-5-27-21(26)18-15-11-10-13(22(2,3)4)12-17(15)28-20(18)24-19(25)14-8-6-7-9-16(14)23/h6-9,13H,5,10-12H2,1-4H3,(H,24,25)/t13-/m1/s1. The Morgan fingerprint density at radius 3 is 2.64 bits per heavy atom. The smallest absolute Gasteiger partial charge is 0.341 e. The highest BCUT2D eigenvalue weighted by atomic mass is 35.5. The molecular weight excluding hydrogens is 394 g/mol. The Balaban J connectivity index is 1.96. The van der Waals surface area contributed by atoms with Gasteiger partial charge >= 0.3 is 5.97 Å². The number of fused-ring (bicyclic) bond motifs is 1. The van der Waals surface area contributed by atoms with Crippen molar-refractivity contribution >= 4 is 39.8 Å². The Bertz CT molecular complexity index is 898. The van der Waals surface area contributed by atoms with Crippen molar-refractivity contribution in [3.63, 3.8) is 0 Å². The number of hydrogen-bond donors (Lipinski definition) is 1. The molecule has 1 aliphatic carbocycles. The number of esters is 1. The maximum atomic E-state index is 12.8. The number of halogens is 1. The summed E-state index contributed by atoms with van der Waals surface area (Å²) in [6, 6.07) is 6.89. The van der Waals surface area contributed by atoms with E-state index >= 15 is 0 Å². The molecule has 0 saturated heterocycles. The van der Waals surface area contributed by atoms with Crippen LogP contribution in [0.5, 0.6) is 0 Å². The Morgan fingerprint density at radius 2 is 2.00 bits per heavy atom. The Labute approximate surface area is 175 Å². The summed E-state index contributed by atoms with van der Waals surface area (Å²) in [6.07, 6.45) is 2.76. The van der Waals surface area contributed by atoms with Crippen molar-refractivity contribution < 1.29 is 14.3 Å². The third-order valence-electron chi connectivity index (χ3n) is 5.32. The van der Waals surface area contributed by atoms with E-state index in [4.69, 9.17) is 16.3 Å². The highest BCUT2D eigenvalue weighted by Crippen LogP contribution is 2.44. The predicted molar refractivity (Wildman–Crippen MR) is 115 cm³/mol. The quantitative estimate of drug-likeness (QED) is 0.620. The van der Waals surface area contributed by atoms with Gasteiger partial charge in [0.05, 0.1) is 22.8 Å². The topological polar surface area (TPSA) is 55.4 Å². The number of rotatable bonds is 4. The molecule has 1 amide bonds. The molecule has 3 rings (SSSR count). The number of anilines is 1. The van der Waals surface area contributed by atoms with E-state index in [1.807, 2.05) is 0 Å². The summed E-state index contributed by atoms with van der Waals surface area (Å²) < 4.78 is 5.29. The van der Waals surface area contributed by atoms with E-state index in [0.717, 1.165) is 24.8 Å².